The van der Waals surface area contributed by atoms with Crippen LogP contribution < -0.4 is 5.32 Å². The van der Waals surface area contributed by atoms with E-state index < -0.39 is 0 Å². The van der Waals surface area contributed by atoms with Crippen molar-refractivity contribution < 1.29 is 0 Å². The van der Waals surface area contributed by atoms with Gasteiger partial charge >= 0.3 is 0 Å². The lowest BCUT2D eigenvalue weighted by Crippen LogP contribution is -2.50. The number of hydrogen-bond donors (Lipinski definition) is 1. The van der Waals surface area contributed by atoms with Gasteiger partial charge in [0.25, 0.3) is 0 Å². The summed E-state index contributed by atoms with van der Waals surface area (Å²) < 4.78 is 0. The first-order chi connectivity index (χ1) is 7.90. The second-order valence-electron chi connectivity index (χ2n) is 7.40. The molecule has 0 amide bonds. The van der Waals surface area contributed by atoms with Crippen LogP contribution in [0, 0.1) is 5.41 Å². The van der Waals surface area contributed by atoms with Gasteiger partial charge in [0.15, 0.2) is 0 Å². The zero-order chi connectivity index (χ0) is 12.5. The molecule has 2 rings (SSSR count). The summed E-state index contributed by atoms with van der Waals surface area (Å²) >= 11 is 0. The molecule has 2 heteroatoms. The average Bonchev–Trinajstić information content (AvgIpc) is 2.64. The Kier molecular flexibility index (Phi) is 3.84. The van der Waals surface area contributed by atoms with E-state index >= 15 is 0 Å². The summed E-state index contributed by atoms with van der Waals surface area (Å²) in [6.07, 6.45) is 8.26. The van der Waals surface area contributed by atoms with E-state index in [0.29, 0.717) is 11.0 Å². The Morgan fingerprint density at radius 3 is 2.29 bits per heavy atom. The molecule has 0 aromatic heterocycles. The molecule has 17 heavy (non-hydrogen) atoms. The highest BCUT2D eigenvalue weighted by molar-refractivity contribution is 4.93. The first-order valence-corrected chi connectivity index (χ1v) is 7.36. The SMILES string of the molecule is CN(CC1(C)CCCN1)C1CCC(C)(C)CC1. The van der Waals surface area contributed by atoms with Gasteiger partial charge in [-0.25, -0.2) is 0 Å². The highest BCUT2D eigenvalue weighted by Crippen LogP contribution is 2.37. The summed E-state index contributed by atoms with van der Waals surface area (Å²) in [7, 11) is 2.33. The molecule has 2 aliphatic rings. The molecule has 1 aliphatic carbocycles. The molecule has 1 N–H and O–H groups in total. The quantitative estimate of drug-likeness (QED) is 0.813. The van der Waals surface area contributed by atoms with E-state index in [1.165, 1.54) is 51.6 Å². The predicted molar refractivity (Wildman–Crippen MR) is 74.3 cm³/mol. The van der Waals surface area contributed by atoms with Crippen molar-refractivity contribution in [1.29, 1.82) is 0 Å². The van der Waals surface area contributed by atoms with Crippen LogP contribution in [0.1, 0.15) is 59.3 Å². The second kappa shape index (κ2) is 4.89. The van der Waals surface area contributed by atoms with Crippen LogP contribution in [0.25, 0.3) is 0 Å². The van der Waals surface area contributed by atoms with Gasteiger partial charge in [-0.05, 0) is 64.5 Å². The maximum atomic E-state index is 3.68. The van der Waals surface area contributed by atoms with Crippen molar-refractivity contribution in [2.45, 2.75) is 70.9 Å². The van der Waals surface area contributed by atoms with Crippen molar-refractivity contribution in [3.05, 3.63) is 0 Å². The number of nitrogens with zero attached hydrogens (tertiary/aromatic N) is 1. The molecule has 0 aromatic carbocycles. The van der Waals surface area contributed by atoms with Gasteiger partial charge in [-0.15, -0.1) is 0 Å². The second-order valence-corrected chi connectivity index (χ2v) is 7.40. The maximum Gasteiger partial charge on any atom is 0.0280 e. The van der Waals surface area contributed by atoms with Gasteiger partial charge in [0.05, 0.1) is 0 Å². The van der Waals surface area contributed by atoms with Crippen LogP contribution in [0.5, 0.6) is 0 Å². The van der Waals surface area contributed by atoms with Crippen LogP contribution >= 0.6 is 0 Å². The van der Waals surface area contributed by atoms with E-state index in [2.05, 4.69) is 38.0 Å². The highest BCUT2D eigenvalue weighted by Gasteiger charge is 2.33. The Balaban J connectivity index is 1.82. The Hall–Kier alpha value is -0.0800. The van der Waals surface area contributed by atoms with Crippen molar-refractivity contribution >= 4 is 0 Å². The molecule has 0 bridgehead atoms. The first-order valence-electron chi connectivity index (χ1n) is 7.36. The minimum absolute atomic E-state index is 0.377. The molecule has 1 aliphatic heterocycles. The minimum Gasteiger partial charge on any atom is -0.310 e. The van der Waals surface area contributed by atoms with Gasteiger partial charge < -0.3 is 10.2 Å². The molecular weight excluding hydrogens is 208 g/mol. The van der Waals surface area contributed by atoms with E-state index in [1.807, 2.05) is 0 Å². The van der Waals surface area contributed by atoms with E-state index in [-0.39, 0.29) is 0 Å². The normalized spacial score (nSPS) is 34.4. The fourth-order valence-electron chi connectivity index (χ4n) is 3.60. The largest absolute Gasteiger partial charge is 0.310 e. The van der Waals surface area contributed by atoms with Crippen LogP contribution in [0.15, 0.2) is 0 Å². The van der Waals surface area contributed by atoms with E-state index in [1.54, 1.807) is 0 Å². The molecule has 1 saturated carbocycles. The lowest BCUT2D eigenvalue weighted by molar-refractivity contribution is 0.106. The Morgan fingerprint density at radius 2 is 1.76 bits per heavy atom. The van der Waals surface area contributed by atoms with E-state index in [0.717, 1.165) is 6.04 Å². The van der Waals surface area contributed by atoms with Crippen LogP contribution in [-0.2, 0) is 0 Å². The molecular formula is C15H30N2. The molecule has 1 unspecified atom stereocenters. The van der Waals surface area contributed by atoms with Crippen LogP contribution in [0.2, 0.25) is 0 Å². The molecule has 2 nitrogen and oxygen atoms in total. The Bertz CT molecular complexity index is 244. The van der Waals surface area contributed by atoms with Crippen molar-refractivity contribution in [2.75, 3.05) is 20.1 Å². The fourth-order valence-corrected chi connectivity index (χ4v) is 3.60. The molecule has 2 fully saturated rings. The standard InChI is InChI=1S/C15H30N2/c1-14(2)9-6-13(7-10-14)17(4)12-15(3)8-5-11-16-15/h13,16H,5-12H2,1-4H3. The van der Waals surface area contributed by atoms with Crippen LogP contribution in [0.4, 0.5) is 0 Å². The highest BCUT2D eigenvalue weighted by atomic mass is 15.2. The van der Waals surface area contributed by atoms with Gasteiger partial charge in [0.1, 0.15) is 0 Å². The lowest BCUT2D eigenvalue weighted by atomic mass is 9.75. The average molecular weight is 238 g/mol. The third kappa shape index (κ3) is 3.45. The zero-order valence-corrected chi connectivity index (χ0v) is 12.2. The van der Waals surface area contributed by atoms with Gasteiger partial charge in [-0.3, -0.25) is 0 Å². The van der Waals surface area contributed by atoms with Crippen molar-refractivity contribution in [3.63, 3.8) is 0 Å². The monoisotopic (exact) mass is 238 g/mol. The molecule has 0 aromatic rings. The molecule has 1 heterocycles. The van der Waals surface area contributed by atoms with Crippen molar-refractivity contribution in [2.24, 2.45) is 5.41 Å². The van der Waals surface area contributed by atoms with Crippen molar-refractivity contribution in [1.82, 2.24) is 10.2 Å². The van der Waals surface area contributed by atoms with Gasteiger partial charge in [-0.2, -0.15) is 0 Å². The number of likely N-dealkylation sites (N-methyl/N-ethyl adjacent to an activating group) is 1. The topological polar surface area (TPSA) is 15.3 Å². The summed E-state index contributed by atoms with van der Waals surface area (Å²) in [6, 6.07) is 0.822. The summed E-state index contributed by atoms with van der Waals surface area (Å²) in [5.74, 6) is 0. The minimum atomic E-state index is 0.377. The van der Waals surface area contributed by atoms with Gasteiger partial charge in [-0.1, -0.05) is 13.8 Å². The van der Waals surface area contributed by atoms with Crippen LogP contribution in [-0.4, -0.2) is 36.6 Å². The van der Waals surface area contributed by atoms with Gasteiger partial charge in [0.2, 0.25) is 0 Å². The summed E-state index contributed by atoms with van der Waals surface area (Å²) in [5.41, 5.74) is 0.967. The molecule has 0 spiro atoms. The fraction of sp³-hybridized carbons (Fsp3) is 1.00. The third-order valence-corrected chi connectivity index (χ3v) is 4.99. The molecule has 1 saturated heterocycles. The van der Waals surface area contributed by atoms with E-state index in [9.17, 15) is 0 Å². The number of rotatable bonds is 3. The third-order valence-electron chi connectivity index (χ3n) is 4.99. The molecule has 0 radical (unpaired) electrons. The molecule has 100 valence electrons. The summed E-state index contributed by atoms with van der Waals surface area (Å²) in [6.45, 7) is 9.66. The molecule has 1 atom stereocenters. The van der Waals surface area contributed by atoms with Crippen LogP contribution in [0.3, 0.4) is 0 Å². The zero-order valence-electron chi connectivity index (χ0n) is 12.2. The number of hydrogen-bond acceptors (Lipinski definition) is 2. The smallest absolute Gasteiger partial charge is 0.0280 e. The van der Waals surface area contributed by atoms with E-state index in [4.69, 9.17) is 0 Å². The summed E-state index contributed by atoms with van der Waals surface area (Å²) in [5, 5.41) is 3.68. The lowest BCUT2D eigenvalue weighted by Gasteiger charge is -2.41. The maximum absolute atomic E-state index is 3.68. The first kappa shape index (κ1) is 13.4. The predicted octanol–water partition coefficient (Wildman–Crippen LogP) is 3.03. The number of nitrogens with one attached hydrogen (secondary N) is 1. The van der Waals surface area contributed by atoms with Gasteiger partial charge in [0, 0.05) is 18.1 Å². The Morgan fingerprint density at radius 1 is 1.12 bits per heavy atom. The summed E-state index contributed by atoms with van der Waals surface area (Å²) in [4.78, 5) is 2.62. The van der Waals surface area contributed by atoms with Crippen molar-refractivity contribution in [3.8, 4) is 0 Å². The Labute approximate surface area is 107 Å².